The molecule has 0 amide bonds. The average Bonchev–Trinajstić information content (AvgIpc) is 2.64. The molecule has 1 aromatic carbocycles. The van der Waals surface area contributed by atoms with Gasteiger partial charge in [0.2, 0.25) is 0 Å². The number of aryl methyl sites for hydroxylation is 1. The van der Waals surface area contributed by atoms with Crippen LogP contribution in [-0.2, 0) is 11.2 Å². The van der Waals surface area contributed by atoms with Crippen LogP contribution in [0, 0.1) is 0 Å². The van der Waals surface area contributed by atoms with Crippen LogP contribution in [0.4, 0.5) is 0 Å². The van der Waals surface area contributed by atoms with E-state index in [9.17, 15) is 4.79 Å². The molecule has 78 valence electrons. The Hall–Kier alpha value is -1.77. The van der Waals surface area contributed by atoms with Crippen LogP contribution in [0.15, 0.2) is 30.5 Å². The van der Waals surface area contributed by atoms with Gasteiger partial charge in [0.1, 0.15) is 0 Å². The van der Waals surface area contributed by atoms with Crippen molar-refractivity contribution < 1.29 is 9.90 Å². The second-order valence-electron chi connectivity index (χ2n) is 3.65. The third kappa shape index (κ3) is 2.37. The van der Waals surface area contributed by atoms with Crippen LogP contribution >= 0.6 is 0 Å². The Bertz CT molecular complexity index is 473. The molecule has 0 saturated carbocycles. The smallest absolute Gasteiger partial charge is 0.303 e. The molecule has 2 N–H and O–H groups in total. The fraction of sp³-hybridized carbons (Fsp3) is 0.250. The van der Waals surface area contributed by atoms with Crippen molar-refractivity contribution in [3.63, 3.8) is 0 Å². The number of benzene rings is 1. The Kier molecular flexibility index (Phi) is 2.72. The van der Waals surface area contributed by atoms with E-state index < -0.39 is 5.97 Å². The summed E-state index contributed by atoms with van der Waals surface area (Å²) >= 11 is 0. The second-order valence-corrected chi connectivity index (χ2v) is 3.65. The highest BCUT2D eigenvalue weighted by Crippen LogP contribution is 2.15. The van der Waals surface area contributed by atoms with E-state index in [-0.39, 0.29) is 6.42 Å². The Morgan fingerprint density at radius 2 is 2.20 bits per heavy atom. The highest BCUT2D eigenvalue weighted by atomic mass is 16.4. The normalized spacial score (nSPS) is 10.7. The molecule has 1 heterocycles. The molecule has 0 bridgehead atoms. The third-order valence-electron chi connectivity index (χ3n) is 2.47. The summed E-state index contributed by atoms with van der Waals surface area (Å²) in [5.74, 6) is -0.724. The standard InChI is InChI=1S/C12H13NO2/c14-12(15)3-1-2-9-4-5-11-10(8-9)6-7-13-11/h4-8,13H,1-3H2,(H,14,15). The van der Waals surface area contributed by atoms with Gasteiger partial charge in [0.25, 0.3) is 0 Å². The molecule has 2 aromatic rings. The highest BCUT2D eigenvalue weighted by Gasteiger charge is 2.00. The topological polar surface area (TPSA) is 53.1 Å². The van der Waals surface area contributed by atoms with Crippen LogP contribution in [0.2, 0.25) is 0 Å². The van der Waals surface area contributed by atoms with Gasteiger partial charge < -0.3 is 10.1 Å². The zero-order valence-corrected chi connectivity index (χ0v) is 8.36. The maximum atomic E-state index is 10.4. The number of H-pyrrole nitrogens is 1. The molecule has 0 aliphatic rings. The van der Waals surface area contributed by atoms with Crippen LogP contribution < -0.4 is 0 Å². The van der Waals surface area contributed by atoms with Crippen LogP contribution in [0.3, 0.4) is 0 Å². The van der Waals surface area contributed by atoms with Crippen molar-refractivity contribution in [2.24, 2.45) is 0 Å². The van der Waals surface area contributed by atoms with Crippen LogP contribution in [0.25, 0.3) is 10.9 Å². The summed E-state index contributed by atoms with van der Waals surface area (Å²) < 4.78 is 0. The number of nitrogens with one attached hydrogen (secondary N) is 1. The molecule has 3 nitrogen and oxygen atoms in total. The Balaban J connectivity index is 2.04. The summed E-state index contributed by atoms with van der Waals surface area (Å²) in [6.07, 6.45) is 3.68. The molecule has 0 atom stereocenters. The zero-order valence-electron chi connectivity index (χ0n) is 8.36. The van der Waals surface area contributed by atoms with E-state index in [0.29, 0.717) is 6.42 Å². The van der Waals surface area contributed by atoms with E-state index in [1.165, 1.54) is 10.9 Å². The van der Waals surface area contributed by atoms with Crippen molar-refractivity contribution >= 4 is 16.9 Å². The lowest BCUT2D eigenvalue weighted by molar-refractivity contribution is -0.137. The number of carbonyl (C=O) groups is 1. The van der Waals surface area contributed by atoms with Gasteiger partial charge >= 0.3 is 5.97 Å². The summed E-state index contributed by atoms with van der Waals surface area (Å²) in [5.41, 5.74) is 2.32. The molecule has 0 aliphatic heterocycles. The molecule has 0 unspecified atom stereocenters. The van der Waals surface area contributed by atoms with Gasteiger partial charge in [-0.15, -0.1) is 0 Å². The largest absolute Gasteiger partial charge is 0.481 e. The van der Waals surface area contributed by atoms with E-state index in [2.05, 4.69) is 11.1 Å². The van der Waals surface area contributed by atoms with Gasteiger partial charge in [0.15, 0.2) is 0 Å². The fourth-order valence-electron chi connectivity index (χ4n) is 1.70. The number of carboxylic acid groups (broad SMARTS) is 1. The molecule has 0 saturated heterocycles. The van der Waals surface area contributed by atoms with E-state index in [4.69, 9.17) is 5.11 Å². The zero-order chi connectivity index (χ0) is 10.7. The number of fused-ring (bicyclic) bond motifs is 1. The Morgan fingerprint density at radius 3 is 3.00 bits per heavy atom. The molecule has 3 heteroatoms. The minimum atomic E-state index is -0.724. The van der Waals surface area contributed by atoms with Gasteiger partial charge in [-0.2, -0.15) is 0 Å². The highest BCUT2D eigenvalue weighted by molar-refractivity contribution is 5.79. The number of aromatic nitrogens is 1. The monoisotopic (exact) mass is 203 g/mol. The summed E-state index contributed by atoms with van der Waals surface area (Å²) in [6, 6.07) is 8.20. The molecule has 0 aliphatic carbocycles. The van der Waals surface area contributed by atoms with Gasteiger partial charge in [-0.25, -0.2) is 0 Å². The second kappa shape index (κ2) is 4.17. The summed E-state index contributed by atoms with van der Waals surface area (Å²) in [6.45, 7) is 0. The number of rotatable bonds is 4. The van der Waals surface area contributed by atoms with E-state index in [1.54, 1.807) is 0 Å². The lowest BCUT2D eigenvalue weighted by Gasteiger charge is -1.99. The minimum absolute atomic E-state index is 0.241. The first-order chi connectivity index (χ1) is 7.25. The third-order valence-corrected chi connectivity index (χ3v) is 2.47. The lowest BCUT2D eigenvalue weighted by atomic mass is 10.1. The van der Waals surface area contributed by atoms with Crippen LogP contribution in [-0.4, -0.2) is 16.1 Å². The number of hydrogen-bond acceptors (Lipinski definition) is 1. The maximum Gasteiger partial charge on any atom is 0.303 e. The van der Waals surface area contributed by atoms with E-state index in [1.807, 2.05) is 24.4 Å². The van der Waals surface area contributed by atoms with E-state index >= 15 is 0 Å². The van der Waals surface area contributed by atoms with Crippen molar-refractivity contribution in [2.75, 3.05) is 0 Å². The summed E-state index contributed by atoms with van der Waals surface area (Å²) in [7, 11) is 0. The lowest BCUT2D eigenvalue weighted by Crippen LogP contribution is -1.95. The van der Waals surface area contributed by atoms with Crippen molar-refractivity contribution in [3.05, 3.63) is 36.0 Å². The van der Waals surface area contributed by atoms with Crippen molar-refractivity contribution in [2.45, 2.75) is 19.3 Å². The van der Waals surface area contributed by atoms with Gasteiger partial charge in [0.05, 0.1) is 0 Å². The summed E-state index contributed by atoms with van der Waals surface area (Å²) in [4.78, 5) is 13.5. The molecule has 0 radical (unpaired) electrons. The predicted molar refractivity (Wildman–Crippen MR) is 58.9 cm³/mol. The number of carboxylic acids is 1. The van der Waals surface area contributed by atoms with E-state index in [0.717, 1.165) is 11.9 Å². The Morgan fingerprint density at radius 1 is 1.33 bits per heavy atom. The quantitative estimate of drug-likeness (QED) is 0.802. The fourth-order valence-corrected chi connectivity index (χ4v) is 1.70. The Labute approximate surface area is 87.7 Å². The molecule has 15 heavy (non-hydrogen) atoms. The summed E-state index contributed by atoms with van der Waals surface area (Å²) in [5, 5.41) is 9.71. The molecule has 0 fully saturated rings. The van der Waals surface area contributed by atoms with Crippen molar-refractivity contribution in [1.29, 1.82) is 0 Å². The van der Waals surface area contributed by atoms with Crippen LogP contribution in [0.1, 0.15) is 18.4 Å². The van der Waals surface area contributed by atoms with Crippen molar-refractivity contribution in [3.8, 4) is 0 Å². The molecule has 0 spiro atoms. The first-order valence-electron chi connectivity index (χ1n) is 5.03. The van der Waals surface area contributed by atoms with Gasteiger partial charge in [0, 0.05) is 18.1 Å². The first kappa shape index (κ1) is 9.77. The number of hydrogen-bond donors (Lipinski definition) is 2. The minimum Gasteiger partial charge on any atom is -0.481 e. The maximum absolute atomic E-state index is 10.4. The van der Waals surface area contributed by atoms with Crippen molar-refractivity contribution in [1.82, 2.24) is 4.98 Å². The SMILES string of the molecule is O=C(O)CCCc1ccc2[nH]ccc2c1. The molecular weight excluding hydrogens is 190 g/mol. The molecule has 1 aromatic heterocycles. The van der Waals surface area contributed by atoms with Gasteiger partial charge in [-0.3, -0.25) is 4.79 Å². The predicted octanol–water partition coefficient (Wildman–Crippen LogP) is 2.58. The number of aliphatic carboxylic acids is 1. The molecular formula is C12H13NO2. The number of aromatic amines is 1. The average molecular weight is 203 g/mol. The van der Waals surface area contributed by atoms with Gasteiger partial charge in [-0.1, -0.05) is 6.07 Å². The van der Waals surface area contributed by atoms with Gasteiger partial charge in [-0.05, 0) is 42.0 Å². The molecule has 2 rings (SSSR count). The van der Waals surface area contributed by atoms with Crippen LogP contribution in [0.5, 0.6) is 0 Å². The first-order valence-corrected chi connectivity index (χ1v) is 5.03.